The third kappa shape index (κ3) is 3.07. The maximum absolute atomic E-state index is 12.8. The Hall–Kier alpha value is -2.19. The predicted octanol–water partition coefficient (Wildman–Crippen LogP) is 0.480. The summed E-state index contributed by atoms with van der Waals surface area (Å²) in [6.45, 7) is 5.91. The fraction of sp³-hybridized carbons (Fsp3) is 0.562. The molecule has 2 aromatic heterocycles. The summed E-state index contributed by atoms with van der Waals surface area (Å²) in [5.41, 5.74) is 2.67. The first-order valence-corrected chi connectivity index (χ1v) is 8.22. The van der Waals surface area contributed by atoms with Gasteiger partial charge in [0.25, 0.3) is 5.91 Å². The van der Waals surface area contributed by atoms with E-state index in [1.807, 2.05) is 17.8 Å². The first-order valence-electron chi connectivity index (χ1n) is 8.22. The van der Waals surface area contributed by atoms with Crippen molar-refractivity contribution >= 4 is 5.91 Å². The summed E-state index contributed by atoms with van der Waals surface area (Å²) < 4.78 is 3.60. The SMILES string of the molecule is CCCn1cc(C(=O)N2CCn3nc([C@@H](O)CO)cc3C2)c(C)n1. The highest BCUT2D eigenvalue weighted by molar-refractivity contribution is 5.95. The highest BCUT2D eigenvalue weighted by Gasteiger charge is 2.26. The summed E-state index contributed by atoms with van der Waals surface area (Å²) in [4.78, 5) is 14.6. The van der Waals surface area contributed by atoms with Crippen molar-refractivity contribution in [1.29, 1.82) is 0 Å². The summed E-state index contributed by atoms with van der Waals surface area (Å²) in [6, 6.07) is 1.74. The van der Waals surface area contributed by atoms with Crippen LogP contribution in [0.2, 0.25) is 0 Å². The van der Waals surface area contributed by atoms with Crippen molar-refractivity contribution in [3.05, 3.63) is 34.9 Å². The molecule has 1 atom stereocenters. The summed E-state index contributed by atoms with van der Waals surface area (Å²) in [7, 11) is 0. The first-order chi connectivity index (χ1) is 11.5. The van der Waals surface area contributed by atoms with Crippen LogP contribution < -0.4 is 0 Å². The Bertz CT molecular complexity index is 736. The molecule has 0 spiro atoms. The molecule has 24 heavy (non-hydrogen) atoms. The lowest BCUT2D eigenvalue weighted by atomic mass is 10.2. The number of aromatic nitrogens is 4. The van der Waals surface area contributed by atoms with Gasteiger partial charge >= 0.3 is 0 Å². The second kappa shape index (κ2) is 6.74. The highest BCUT2D eigenvalue weighted by atomic mass is 16.3. The second-order valence-electron chi connectivity index (χ2n) is 6.10. The number of carbonyl (C=O) groups is 1. The summed E-state index contributed by atoms with van der Waals surface area (Å²) in [5.74, 6) is -0.0356. The third-order valence-electron chi connectivity index (χ3n) is 4.25. The predicted molar refractivity (Wildman–Crippen MR) is 86.3 cm³/mol. The van der Waals surface area contributed by atoms with Gasteiger partial charge in [-0.3, -0.25) is 14.2 Å². The molecule has 1 aliphatic heterocycles. The zero-order valence-corrected chi connectivity index (χ0v) is 14.0. The molecule has 2 N–H and O–H groups in total. The van der Waals surface area contributed by atoms with Crippen molar-refractivity contribution < 1.29 is 15.0 Å². The summed E-state index contributed by atoms with van der Waals surface area (Å²) in [5, 5.41) is 27.4. The number of rotatable bonds is 5. The smallest absolute Gasteiger partial charge is 0.257 e. The quantitative estimate of drug-likeness (QED) is 0.830. The van der Waals surface area contributed by atoms with E-state index in [-0.39, 0.29) is 12.5 Å². The van der Waals surface area contributed by atoms with Crippen LogP contribution in [0.5, 0.6) is 0 Å². The van der Waals surface area contributed by atoms with Crippen LogP contribution >= 0.6 is 0 Å². The van der Waals surface area contributed by atoms with Gasteiger partial charge < -0.3 is 15.1 Å². The van der Waals surface area contributed by atoms with Crippen molar-refractivity contribution in [2.24, 2.45) is 0 Å². The van der Waals surface area contributed by atoms with Gasteiger partial charge in [0.15, 0.2) is 0 Å². The van der Waals surface area contributed by atoms with Crippen LogP contribution in [0.4, 0.5) is 0 Å². The van der Waals surface area contributed by atoms with Crippen molar-refractivity contribution in [3.63, 3.8) is 0 Å². The van der Waals surface area contributed by atoms with Gasteiger partial charge in [0.1, 0.15) is 6.10 Å². The molecule has 8 heteroatoms. The molecule has 8 nitrogen and oxygen atoms in total. The van der Waals surface area contributed by atoms with E-state index in [4.69, 9.17) is 5.11 Å². The molecule has 0 aromatic carbocycles. The maximum Gasteiger partial charge on any atom is 0.257 e. The molecule has 130 valence electrons. The fourth-order valence-corrected chi connectivity index (χ4v) is 2.96. The Kier molecular flexibility index (Phi) is 4.68. The summed E-state index contributed by atoms with van der Waals surface area (Å²) in [6.07, 6.45) is 1.79. The lowest BCUT2D eigenvalue weighted by molar-refractivity contribution is 0.0704. The topological polar surface area (TPSA) is 96.4 Å². The first kappa shape index (κ1) is 16.7. The molecule has 0 saturated heterocycles. The Morgan fingerprint density at radius 2 is 2.17 bits per heavy atom. The van der Waals surface area contributed by atoms with E-state index in [1.54, 1.807) is 15.6 Å². The van der Waals surface area contributed by atoms with Gasteiger partial charge in [-0.25, -0.2) is 0 Å². The average molecular weight is 333 g/mol. The minimum atomic E-state index is -0.984. The standard InChI is InChI=1S/C16H23N5O3/c1-3-4-20-9-13(11(2)17-20)16(24)19-5-6-21-12(8-19)7-14(18-21)15(23)10-22/h7,9,15,22-23H,3-6,8,10H2,1-2H3/t15-/m0/s1. The second-order valence-corrected chi connectivity index (χ2v) is 6.10. The number of aliphatic hydroxyl groups is 2. The molecule has 1 amide bonds. The fourth-order valence-electron chi connectivity index (χ4n) is 2.96. The van der Waals surface area contributed by atoms with E-state index < -0.39 is 6.10 Å². The van der Waals surface area contributed by atoms with Crippen LogP contribution in [0.25, 0.3) is 0 Å². The van der Waals surface area contributed by atoms with E-state index >= 15 is 0 Å². The van der Waals surface area contributed by atoms with E-state index in [2.05, 4.69) is 17.1 Å². The van der Waals surface area contributed by atoms with Crippen LogP contribution in [-0.4, -0.2) is 53.7 Å². The number of amides is 1. The molecule has 0 aliphatic carbocycles. The molecular formula is C16H23N5O3. The van der Waals surface area contributed by atoms with Gasteiger partial charge in [-0.2, -0.15) is 10.2 Å². The number of hydrogen-bond acceptors (Lipinski definition) is 5. The minimum absolute atomic E-state index is 0.0356. The molecule has 0 unspecified atom stereocenters. The zero-order chi connectivity index (χ0) is 17.3. The lowest BCUT2D eigenvalue weighted by Crippen LogP contribution is -2.38. The average Bonchev–Trinajstić information content (AvgIpc) is 3.16. The van der Waals surface area contributed by atoms with Crippen molar-refractivity contribution in [2.75, 3.05) is 13.2 Å². The van der Waals surface area contributed by atoms with Gasteiger partial charge in [0.2, 0.25) is 0 Å². The van der Waals surface area contributed by atoms with Crippen LogP contribution in [0.3, 0.4) is 0 Å². The van der Waals surface area contributed by atoms with Crippen LogP contribution in [-0.2, 0) is 19.6 Å². The molecule has 0 bridgehead atoms. The normalized spacial score (nSPS) is 15.4. The number of hydrogen-bond donors (Lipinski definition) is 2. The van der Waals surface area contributed by atoms with E-state index in [0.29, 0.717) is 30.9 Å². The number of aliphatic hydroxyl groups excluding tert-OH is 2. The van der Waals surface area contributed by atoms with Gasteiger partial charge in [-0.15, -0.1) is 0 Å². The third-order valence-corrected chi connectivity index (χ3v) is 4.25. The molecule has 0 radical (unpaired) electrons. The van der Waals surface area contributed by atoms with Crippen molar-refractivity contribution in [2.45, 2.75) is 46.0 Å². The van der Waals surface area contributed by atoms with Gasteiger partial charge in [-0.05, 0) is 19.4 Å². The lowest BCUT2D eigenvalue weighted by Gasteiger charge is -2.27. The largest absolute Gasteiger partial charge is 0.393 e. The monoisotopic (exact) mass is 333 g/mol. The van der Waals surface area contributed by atoms with Crippen LogP contribution in [0, 0.1) is 6.92 Å². The van der Waals surface area contributed by atoms with Crippen molar-refractivity contribution in [3.8, 4) is 0 Å². The summed E-state index contributed by atoms with van der Waals surface area (Å²) >= 11 is 0. The number of aryl methyl sites for hydroxylation is 2. The van der Waals surface area contributed by atoms with E-state index in [1.165, 1.54) is 0 Å². The van der Waals surface area contributed by atoms with Crippen LogP contribution in [0.1, 0.15) is 46.9 Å². The van der Waals surface area contributed by atoms with Crippen LogP contribution in [0.15, 0.2) is 12.3 Å². The zero-order valence-electron chi connectivity index (χ0n) is 14.0. The maximum atomic E-state index is 12.8. The number of carbonyl (C=O) groups excluding carboxylic acids is 1. The number of fused-ring (bicyclic) bond motifs is 1. The Balaban J connectivity index is 1.77. The van der Waals surface area contributed by atoms with E-state index in [0.717, 1.165) is 24.4 Å². The number of nitrogens with zero attached hydrogens (tertiary/aromatic N) is 5. The van der Waals surface area contributed by atoms with Gasteiger partial charge in [0, 0.05) is 19.3 Å². The molecule has 3 heterocycles. The molecule has 0 saturated carbocycles. The Labute approximate surface area is 140 Å². The molecule has 0 fully saturated rings. The molecule has 1 aliphatic rings. The Morgan fingerprint density at radius 3 is 2.88 bits per heavy atom. The van der Waals surface area contributed by atoms with Crippen molar-refractivity contribution in [1.82, 2.24) is 24.5 Å². The van der Waals surface area contributed by atoms with E-state index in [9.17, 15) is 9.90 Å². The molecule has 3 rings (SSSR count). The van der Waals surface area contributed by atoms with Gasteiger partial charge in [-0.1, -0.05) is 6.92 Å². The molecule has 2 aromatic rings. The van der Waals surface area contributed by atoms with Gasteiger partial charge in [0.05, 0.1) is 42.3 Å². The molecular weight excluding hydrogens is 310 g/mol. The minimum Gasteiger partial charge on any atom is -0.393 e. The highest BCUT2D eigenvalue weighted by Crippen LogP contribution is 2.20. The Morgan fingerprint density at radius 1 is 1.38 bits per heavy atom.